The van der Waals surface area contributed by atoms with E-state index in [4.69, 9.17) is 15.2 Å². The van der Waals surface area contributed by atoms with Crippen LogP contribution in [0.4, 0.5) is 0 Å². The summed E-state index contributed by atoms with van der Waals surface area (Å²) in [5.41, 5.74) is 6.65. The summed E-state index contributed by atoms with van der Waals surface area (Å²) in [6, 6.07) is 5.70. The molecule has 0 aromatic heterocycles. The number of benzene rings is 1. The Bertz CT molecular complexity index is 552. The lowest BCUT2D eigenvalue weighted by Crippen LogP contribution is -2.42. The number of hydrogen-bond donors (Lipinski definition) is 1. The number of carbonyl (C=O) groups is 1. The lowest BCUT2D eigenvalue weighted by atomic mass is 9.90. The Hall–Kier alpha value is -1.75. The number of amides is 1. The van der Waals surface area contributed by atoms with Crippen LogP contribution in [-0.4, -0.2) is 43.2 Å². The summed E-state index contributed by atoms with van der Waals surface area (Å²) < 4.78 is 11.5. The molecule has 1 aliphatic heterocycles. The molecule has 1 saturated heterocycles. The molecular weight excluding hydrogens is 316 g/mol. The number of carbonyl (C=O) groups excluding carboxylic acids is 1. The summed E-state index contributed by atoms with van der Waals surface area (Å²) in [4.78, 5) is 14.7. The van der Waals surface area contributed by atoms with Gasteiger partial charge < -0.3 is 20.1 Å². The molecule has 140 valence electrons. The minimum atomic E-state index is 0.0616. The highest BCUT2D eigenvalue weighted by molar-refractivity contribution is 5.95. The first-order chi connectivity index (χ1) is 12.1. The van der Waals surface area contributed by atoms with Gasteiger partial charge in [-0.1, -0.05) is 13.8 Å². The van der Waals surface area contributed by atoms with Crippen molar-refractivity contribution < 1.29 is 14.3 Å². The van der Waals surface area contributed by atoms with Gasteiger partial charge in [-0.2, -0.15) is 0 Å². The minimum Gasteiger partial charge on any atom is -0.490 e. The van der Waals surface area contributed by atoms with Crippen LogP contribution < -0.4 is 15.2 Å². The maximum Gasteiger partial charge on any atom is 0.253 e. The molecule has 1 aliphatic rings. The van der Waals surface area contributed by atoms with Crippen molar-refractivity contribution in [2.45, 2.75) is 52.5 Å². The normalized spacial score (nSPS) is 16.6. The van der Waals surface area contributed by atoms with E-state index in [0.29, 0.717) is 36.2 Å². The van der Waals surface area contributed by atoms with Gasteiger partial charge in [-0.05, 0) is 56.7 Å². The Morgan fingerprint density at radius 3 is 2.32 bits per heavy atom. The molecule has 2 rings (SSSR count). The summed E-state index contributed by atoms with van der Waals surface area (Å²) in [5, 5.41) is 0. The second-order valence-electron chi connectivity index (χ2n) is 6.85. The number of likely N-dealkylation sites (tertiary alicyclic amines) is 1. The number of hydrogen-bond acceptors (Lipinski definition) is 4. The fourth-order valence-corrected chi connectivity index (χ4v) is 3.11. The van der Waals surface area contributed by atoms with E-state index < -0.39 is 0 Å². The fourth-order valence-electron chi connectivity index (χ4n) is 3.11. The molecular formula is C20H32N2O3. The van der Waals surface area contributed by atoms with Gasteiger partial charge in [0.25, 0.3) is 5.91 Å². The average molecular weight is 348 g/mol. The largest absolute Gasteiger partial charge is 0.490 e. The van der Waals surface area contributed by atoms with Gasteiger partial charge in [0.05, 0.1) is 13.2 Å². The van der Waals surface area contributed by atoms with E-state index in [1.165, 1.54) is 0 Å². The fraction of sp³-hybridized carbons (Fsp3) is 0.650. The number of ether oxygens (including phenoxy) is 2. The van der Waals surface area contributed by atoms with Crippen molar-refractivity contribution in [3.63, 3.8) is 0 Å². The first-order valence-electron chi connectivity index (χ1n) is 9.51. The lowest BCUT2D eigenvalue weighted by Gasteiger charge is -2.33. The van der Waals surface area contributed by atoms with Gasteiger partial charge in [0.2, 0.25) is 0 Å². The van der Waals surface area contributed by atoms with Crippen LogP contribution in [0.1, 0.15) is 56.8 Å². The van der Waals surface area contributed by atoms with E-state index in [2.05, 4.69) is 20.8 Å². The van der Waals surface area contributed by atoms with Crippen LogP contribution in [-0.2, 0) is 0 Å². The highest BCUT2D eigenvalue weighted by Gasteiger charge is 2.26. The lowest BCUT2D eigenvalue weighted by molar-refractivity contribution is 0.0680. The maximum atomic E-state index is 12.8. The Kier molecular flexibility index (Phi) is 7.56. The molecule has 1 heterocycles. The van der Waals surface area contributed by atoms with Crippen LogP contribution in [0.15, 0.2) is 18.2 Å². The third-order valence-corrected chi connectivity index (χ3v) is 4.68. The number of nitrogens with zero attached hydrogens (tertiary/aromatic N) is 1. The number of piperidine rings is 1. The Labute approximate surface area is 151 Å². The molecule has 0 spiro atoms. The summed E-state index contributed by atoms with van der Waals surface area (Å²) >= 11 is 0. The van der Waals surface area contributed by atoms with E-state index >= 15 is 0 Å². The first kappa shape index (κ1) is 19.6. The van der Waals surface area contributed by atoms with Crippen LogP contribution in [0.2, 0.25) is 0 Å². The average Bonchev–Trinajstić information content (AvgIpc) is 2.64. The summed E-state index contributed by atoms with van der Waals surface area (Å²) in [7, 11) is 0. The van der Waals surface area contributed by atoms with Crippen molar-refractivity contribution in [2.75, 3.05) is 26.3 Å². The predicted molar refractivity (Wildman–Crippen MR) is 100 cm³/mol. The highest BCUT2D eigenvalue weighted by atomic mass is 16.5. The SMILES string of the molecule is CCCOc1ccc(C(=O)N2CCC(C(C)N)CC2)cc1OCCC. The quantitative estimate of drug-likeness (QED) is 0.781. The zero-order valence-electron chi connectivity index (χ0n) is 15.8. The van der Waals surface area contributed by atoms with E-state index in [1.807, 2.05) is 23.1 Å². The highest BCUT2D eigenvalue weighted by Crippen LogP contribution is 2.30. The van der Waals surface area contributed by atoms with Gasteiger partial charge in [-0.15, -0.1) is 0 Å². The third kappa shape index (κ3) is 5.36. The van der Waals surface area contributed by atoms with E-state index in [-0.39, 0.29) is 11.9 Å². The van der Waals surface area contributed by atoms with Crippen LogP contribution >= 0.6 is 0 Å². The Morgan fingerprint density at radius 2 is 1.76 bits per heavy atom. The second-order valence-corrected chi connectivity index (χ2v) is 6.85. The van der Waals surface area contributed by atoms with Crippen LogP contribution in [0.3, 0.4) is 0 Å². The van der Waals surface area contributed by atoms with Crippen molar-refractivity contribution in [1.29, 1.82) is 0 Å². The molecule has 2 N–H and O–H groups in total. The molecule has 1 aromatic rings. The monoisotopic (exact) mass is 348 g/mol. The zero-order chi connectivity index (χ0) is 18.2. The Morgan fingerprint density at radius 1 is 1.16 bits per heavy atom. The summed E-state index contributed by atoms with van der Waals surface area (Å²) in [6.45, 7) is 8.96. The molecule has 5 nitrogen and oxygen atoms in total. The molecule has 0 aliphatic carbocycles. The molecule has 0 bridgehead atoms. The molecule has 0 radical (unpaired) electrons. The molecule has 1 atom stereocenters. The van der Waals surface area contributed by atoms with Crippen molar-refractivity contribution in [3.8, 4) is 11.5 Å². The van der Waals surface area contributed by atoms with Crippen molar-refractivity contribution >= 4 is 5.91 Å². The molecule has 1 amide bonds. The molecule has 1 fully saturated rings. The van der Waals surface area contributed by atoms with Gasteiger partial charge in [-0.25, -0.2) is 0 Å². The van der Waals surface area contributed by atoms with Gasteiger partial charge in [0.15, 0.2) is 11.5 Å². The van der Waals surface area contributed by atoms with Crippen LogP contribution in [0.5, 0.6) is 11.5 Å². The number of nitrogens with two attached hydrogens (primary N) is 1. The van der Waals surface area contributed by atoms with Gasteiger partial charge in [-0.3, -0.25) is 4.79 Å². The van der Waals surface area contributed by atoms with Crippen molar-refractivity contribution in [3.05, 3.63) is 23.8 Å². The van der Waals surface area contributed by atoms with Gasteiger partial charge >= 0.3 is 0 Å². The zero-order valence-corrected chi connectivity index (χ0v) is 15.8. The van der Waals surface area contributed by atoms with E-state index in [9.17, 15) is 4.79 Å². The van der Waals surface area contributed by atoms with Gasteiger partial charge in [0, 0.05) is 24.7 Å². The second kappa shape index (κ2) is 9.66. The van der Waals surface area contributed by atoms with Crippen LogP contribution in [0, 0.1) is 5.92 Å². The topological polar surface area (TPSA) is 64.8 Å². The van der Waals surface area contributed by atoms with Crippen molar-refractivity contribution in [2.24, 2.45) is 11.7 Å². The van der Waals surface area contributed by atoms with Gasteiger partial charge in [0.1, 0.15) is 0 Å². The maximum absolute atomic E-state index is 12.8. The first-order valence-corrected chi connectivity index (χ1v) is 9.51. The standard InChI is InChI=1S/C20H32N2O3/c1-4-12-24-18-7-6-17(14-19(18)25-13-5-2)20(23)22-10-8-16(9-11-22)15(3)21/h6-7,14-16H,4-5,8-13,21H2,1-3H3. The van der Waals surface area contributed by atoms with E-state index in [0.717, 1.165) is 38.8 Å². The molecule has 1 aromatic carbocycles. The summed E-state index contributed by atoms with van der Waals surface area (Å²) in [5.74, 6) is 1.94. The molecule has 5 heteroatoms. The van der Waals surface area contributed by atoms with Crippen LogP contribution in [0.25, 0.3) is 0 Å². The Balaban J connectivity index is 2.08. The smallest absolute Gasteiger partial charge is 0.253 e. The molecule has 1 unspecified atom stereocenters. The predicted octanol–water partition coefficient (Wildman–Crippen LogP) is 3.46. The third-order valence-electron chi connectivity index (χ3n) is 4.68. The number of rotatable bonds is 8. The van der Waals surface area contributed by atoms with E-state index in [1.54, 1.807) is 0 Å². The minimum absolute atomic E-state index is 0.0616. The van der Waals surface area contributed by atoms with Crippen molar-refractivity contribution in [1.82, 2.24) is 4.90 Å². The molecule has 0 saturated carbocycles. The molecule has 25 heavy (non-hydrogen) atoms. The summed E-state index contributed by atoms with van der Waals surface area (Å²) in [6.07, 6.45) is 3.79.